The van der Waals surface area contributed by atoms with Crippen LogP contribution < -0.4 is 5.32 Å². The SMILES string of the molecule is O=C(O)C(Cc1ccc(Nc2cc(-c3cccc(Cl)c3)nc3c2CCC3)cc1)C(=O)O. The molecular weight excluding hydrogens is 416 g/mol. The van der Waals surface area contributed by atoms with E-state index >= 15 is 0 Å². The quantitative estimate of drug-likeness (QED) is 0.452. The number of hydrogen-bond donors (Lipinski definition) is 3. The van der Waals surface area contributed by atoms with Crippen molar-refractivity contribution in [2.24, 2.45) is 5.92 Å². The molecule has 0 fully saturated rings. The molecule has 0 radical (unpaired) electrons. The number of benzene rings is 2. The maximum absolute atomic E-state index is 11.1. The lowest BCUT2D eigenvalue weighted by molar-refractivity contribution is -0.154. The molecule has 0 aliphatic heterocycles. The number of rotatable bonds is 7. The molecule has 1 aromatic heterocycles. The first-order chi connectivity index (χ1) is 14.9. The van der Waals surface area contributed by atoms with Gasteiger partial charge in [-0.15, -0.1) is 0 Å². The second-order valence-electron chi connectivity index (χ2n) is 7.60. The summed E-state index contributed by atoms with van der Waals surface area (Å²) >= 11 is 6.15. The Morgan fingerprint density at radius 2 is 1.77 bits per heavy atom. The van der Waals surface area contributed by atoms with E-state index in [1.807, 2.05) is 42.5 Å². The van der Waals surface area contributed by atoms with Crippen molar-refractivity contribution in [2.45, 2.75) is 25.7 Å². The topological polar surface area (TPSA) is 99.5 Å². The van der Waals surface area contributed by atoms with Gasteiger partial charge in [0.1, 0.15) is 0 Å². The second kappa shape index (κ2) is 8.78. The van der Waals surface area contributed by atoms with Gasteiger partial charge in [0.25, 0.3) is 0 Å². The van der Waals surface area contributed by atoms with Crippen molar-refractivity contribution in [3.05, 3.63) is 76.4 Å². The summed E-state index contributed by atoms with van der Waals surface area (Å²) in [7, 11) is 0. The summed E-state index contributed by atoms with van der Waals surface area (Å²) in [5.41, 5.74) is 6.57. The number of nitrogens with one attached hydrogen (secondary N) is 1. The fourth-order valence-corrected chi connectivity index (χ4v) is 4.04. The molecule has 0 spiro atoms. The molecule has 3 aromatic rings. The van der Waals surface area contributed by atoms with Crippen LogP contribution in [0, 0.1) is 5.92 Å². The van der Waals surface area contributed by atoms with Gasteiger partial charge in [-0.1, -0.05) is 35.9 Å². The number of halogens is 1. The molecule has 0 saturated heterocycles. The highest BCUT2D eigenvalue weighted by Crippen LogP contribution is 2.34. The third kappa shape index (κ3) is 4.70. The molecule has 2 aromatic carbocycles. The van der Waals surface area contributed by atoms with Crippen molar-refractivity contribution < 1.29 is 19.8 Å². The van der Waals surface area contributed by atoms with Crippen LogP contribution in [0.4, 0.5) is 11.4 Å². The minimum atomic E-state index is -1.46. The second-order valence-corrected chi connectivity index (χ2v) is 8.04. The number of aliphatic carboxylic acids is 2. The van der Waals surface area contributed by atoms with Gasteiger partial charge in [-0.05, 0) is 67.1 Å². The molecular formula is C24H21ClN2O4. The van der Waals surface area contributed by atoms with Gasteiger partial charge in [-0.3, -0.25) is 14.6 Å². The normalized spacial score (nSPS) is 12.6. The molecule has 0 unspecified atom stereocenters. The first-order valence-electron chi connectivity index (χ1n) is 10.0. The summed E-state index contributed by atoms with van der Waals surface area (Å²) in [6, 6.07) is 16.8. The molecule has 3 N–H and O–H groups in total. The number of carboxylic acids is 2. The average Bonchev–Trinajstić information content (AvgIpc) is 3.22. The summed E-state index contributed by atoms with van der Waals surface area (Å²) in [5, 5.41) is 22.3. The predicted octanol–water partition coefficient (Wildman–Crippen LogP) is 4.96. The van der Waals surface area contributed by atoms with Crippen LogP contribution in [-0.4, -0.2) is 27.1 Å². The van der Waals surface area contributed by atoms with E-state index < -0.39 is 17.9 Å². The third-order valence-corrected chi connectivity index (χ3v) is 5.67. The Balaban J connectivity index is 1.59. The van der Waals surface area contributed by atoms with E-state index in [1.54, 1.807) is 12.1 Å². The predicted molar refractivity (Wildman–Crippen MR) is 119 cm³/mol. The highest BCUT2D eigenvalue weighted by Gasteiger charge is 2.26. The highest BCUT2D eigenvalue weighted by atomic mass is 35.5. The van der Waals surface area contributed by atoms with E-state index in [0.717, 1.165) is 47.6 Å². The van der Waals surface area contributed by atoms with E-state index in [-0.39, 0.29) is 6.42 Å². The molecule has 0 amide bonds. The Morgan fingerprint density at radius 1 is 1.03 bits per heavy atom. The first-order valence-corrected chi connectivity index (χ1v) is 10.4. The average molecular weight is 437 g/mol. The fraction of sp³-hybridized carbons (Fsp3) is 0.208. The van der Waals surface area contributed by atoms with Gasteiger partial charge in [-0.25, -0.2) is 0 Å². The number of hydrogen-bond acceptors (Lipinski definition) is 4. The van der Waals surface area contributed by atoms with Gasteiger partial charge < -0.3 is 15.5 Å². The van der Waals surface area contributed by atoms with Crippen LogP contribution in [0.3, 0.4) is 0 Å². The van der Waals surface area contributed by atoms with Crippen LogP contribution in [0.15, 0.2) is 54.6 Å². The molecule has 158 valence electrons. The maximum atomic E-state index is 11.1. The Morgan fingerprint density at radius 3 is 2.45 bits per heavy atom. The minimum Gasteiger partial charge on any atom is -0.481 e. The van der Waals surface area contributed by atoms with Gasteiger partial charge in [0, 0.05) is 27.7 Å². The summed E-state index contributed by atoms with van der Waals surface area (Å²) < 4.78 is 0. The van der Waals surface area contributed by atoms with Gasteiger partial charge >= 0.3 is 11.9 Å². The molecule has 1 heterocycles. The lowest BCUT2D eigenvalue weighted by Crippen LogP contribution is -2.25. The minimum absolute atomic E-state index is 0.0610. The first kappa shape index (κ1) is 20.9. The zero-order valence-electron chi connectivity index (χ0n) is 16.6. The standard InChI is InChI=1S/C24H21ClN2O4/c25-16-4-1-3-15(12-16)21-13-22(18-5-2-6-20(18)27-21)26-17-9-7-14(8-10-17)11-19(23(28)29)24(30)31/h1,3-4,7-10,12-13,19H,2,5-6,11H2,(H,26,27)(H,28,29)(H,30,31). The Labute approximate surface area is 184 Å². The summed E-state index contributed by atoms with van der Waals surface area (Å²) in [5.74, 6) is -4.13. The number of pyridine rings is 1. The largest absolute Gasteiger partial charge is 0.481 e. The molecule has 4 rings (SSSR count). The number of aryl methyl sites for hydroxylation is 1. The lowest BCUT2D eigenvalue weighted by atomic mass is 9.99. The van der Waals surface area contributed by atoms with Crippen LogP contribution in [0.1, 0.15) is 23.2 Å². The number of anilines is 2. The molecule has 6 nitrogen and oxygen atoms in total. The molecule has 0 atom stereocenters. The Kier molecular flexibility index (Phi) is 5.91. The number of nitrogens with zero attached hydrogens (tertiary/aromatic N) is 1. The van der Waals surface area contributed by atoms with Crippen molar-refractivity contribution in [3.8, 4) is 11.3 Å². The van der Waals surface area contributed by atoms with Crippen molar-refractivity contribution in [2.75, 3.05) is 5.32 Å². The van der Waals surface area contributed by atoms with Crippen molar-refractivity contribution in [1.82, 2.24) is 4.98 Å². The molecule has 0 saturated carbocycles. The van der Waals surface area contributed by atoms with Crippen LogP contribution in [0.5, 0.6) is 0 Å². The molecule has 0 bridgehead atoms. The van der Waals surface area contributed by atoms with Gasteiger partial charge in [0.2, 0.25) is 0 Å². The highest BCUT2D eigenvalue weighted by molar-refractivity contribution is 6.30. The number of aromatic nitrogens is 1. The summed E-state index contributed by atoms with van der Waals surface area (Å²) in [4.78, 5) is 27.1. The number of carbonyl (C=O) groups is 2. The van der Waals surface area contributed by atoms with Crippen molar-refractivity contribution in [1.29, 1.82) is 0 Å². The summed E-state index contributed by atoms with van der Waals surface area (Å²) in [6.45, 7) is 0. The van der Waals surface area contributed by atoms with Gasteiger partial charge in [0.15, 0.2) is 5.92 Å². The Bertz CT molecular complexity index is 1130. The molecule has 1 aliphatic rings. The van der Waals surface area contributed by atoms with E-state index in [2.05, 4.69) is 5.32 Å². The lowest BCUT2D eigenvalue weighted by Gasteiger charge is -2.14. The van der Waals surface area contributed by atoms with Crippen molar-refractivity contribution >= 4 is 34.9 Å². The zero-order chi connectivity index (χ0) is 22.0. The molecule has 31 heavy (non-hydrogen) atoms. The number of carboxylic acid groups (broad SMARTS) is 2. The number of fused-ring (bicyclic) bond motifs is 1. The molecule has 1 aliphatic carbocycles. The smallest absolute Gasteiger partial charge is 0.318 e. The molecule has 7 heteroatoms. The van der Waals surface area contributed by atoms with Crippen LogP contribution in [0.2, 0.25) is 5.02 Å². The Hall–Kier alpha value is -3.38. The van der Waals surface area contributed by atoms with E-state index in [0.29, 0.717) is 10.6 Å². The maximum Gasteiger partial charge on any atom is 0.318 e. The van der Waals surface area contributed by atoms with Crippen LogP contribution >= 0.6 is 11.6 Å². The van der Waals surface area contributed by atoms with Crippen LogP contribution in [-0.2, 0) is 28.9 Å². The zero-order valence-corrected chi connectivity index (χ0v) is 17.4. The van der Waals surface area contributed by atoms with Crippen molar-refractivity contribution in [3.63, 3.8) is 0 Å². The van der Waals surface area contributed by atoms with E-state index in [1.165, 1.54) is 5.56 Å². The van der Waals surface area contributed by atoms with Gasteiger partial charge in [0.05, 0.1) is 5.69 Å². The van der Waals surface area contributed by atoms with E-state index in [4.69, 9.17) is 26.8 Å². The van der Waals surface area contributed by atoms with Crippen LogP contribution in [0.25, 0.3) is 11.3 Å². The van der Waals surface area contributed by atoms with Gasteiger partial charge in [-0.2, -0.15) is 0 Å². The monoisotopic (exact) mass is 436 g/mol. The third-order valence-electron chi connectivity index (χ3n) is 5.44. The summed E-state index contributed by atoms with van der Waals surface area (Å²) in [6.07, 6.45) is 2.88. The van der Waals surface area contributed by atoms with E-state index in [9.17, 15) is 9.59 Å². The fourth-order valence-electron chi connectivity index (χ4n) is 3.85.